The topological polar surface area (TPSA) is 67.4 Å². The van der Waals surface area contributed by atoms with Gasteiger partial charge in [0.25, 0.3) is 10.0 Å². The average molecular weight is 306 g/mol. The van der Waals surface area contributed by atoms with E-state index >= 15 is 0 Å². The molecule has 6 heteroatoms. The van der Waals surface area contributed by atoms with Gasteiger partial charge in [-0.25, -0.2) is 13.8 Å². The smallest absolute Gasteiger partial charge is 0.253 e. The zero-order chi connectivity index (χ0) is 15.3. The molecule has 2 N–H and O–H groups in total. The Morgan fingerprint density at radius 2 is 1.81 bits per heavy atom. The number of hydrogen-bond donors (Lipinski definition) is 2. The lowest BCUT2D eigenvalue weighted by molar-refractivity contribution is 0.414. The molecule has 2 aromatic rings. The quantitative estimate of drug-likeness (QED) is 0.801. The minimum Gasteiger partial charge on any atom is -0.497 e. The lowest BCUT2D eigenvalue weighted by Gasteiger charge is -2.09. The molecule has 2 rings (SSSR count). The zero-order valence-electron chi connectivity index (χ0n) is 12.0. The van der Waals surface area contributed by atoms with Gasteiger partial charge in [0.05, 0.1) is 12.0 Å². The largest absolute Gasteiger partial charge is 0.497 e. The molecule has 0 atom stereocenters. The molecular weight excluding hydrogens is 288 g/mol. The number of benzene rings is 2. The third-order valence-electron chi connectivity index (χ3n) is 2.96. The van der Waals surface area contributed by atoms with Crippen molar-refractivity contribution in [2.75, 3.05) is 7.11 Å². The molecule has 0 fully saturated rings. The molecule has 5 nitrogen and oxygen atoms in total. The first kappa shape index (κ1) is 15.5. The molecule has 0 heterocycles. The predicted molar refractivity (Wildman–Crippen MR) is 81.3 cm³/mol. The van der Waals surface area contributed by atoms with Gasteiger partial charge in [-0.15, -0.1) is 4.83 Å². The van der Waals surface area contributed by atoms with Crippen molar-refractivity contribution in [3.05, 3.63) is 59.7 Å². The Bertz CT molecular complexity index is 697. The fraction of sp³-hybridized carbons (Fsp3) is 0.200. The Labute approximate surface area is 125 Å². The van der Waals surface area contributed by atoms with Crippen LogP contribution in [0.1, 0.15) is 11.1 Å². The lowest BCUT2D eigenvalue weighted by Crippen LogP contribution is -2.36. The van der Waals surface area contributed by atoms with Crippen molar-refractivity contribution in [3.63, 3.8) is 0 Å². The van der Waals surface area contributed by atoms with Crippen molar-refractivity contribution in [1.82, 2.24) is 10.3 Å². The van der Waals surface area contributed by atoms with Crippen molar-refractivity contribution >= 4 is 10.0 Å². The van der Waals surface area contributed by atoms with Gasteiger partial charge < -0.3 is 4.74 Å². The molecule has 21 heavy (non-hydrogen) atoms. The molecule has 2 aromatic carbocycles. The van der Waals surface area contributed by atoms with Crippen LogP contribution in [0.4, 0.5) is 0 Å². The molecule has 0 aliphatic rings. The Morgan fingerprint density at radius 3 is 2.48 bits per heavy atom. The summed E-state index contributed by atoms with van der Waals surface area (Å²) in [4.78, 5) is 2.59. The number of rotatable bonds is 6. The van der Waals surface area contributed by atoms with Crippen molar-refractivity contribution in [2.45, 2.75) is 18.4 Å². The van der Waals surface area contributed by atoms with Gasteiger partial charge in [-0.3, -0.25) is 0 Å². The Hall–Kier alpha value is -1.89. The fourth-order valence-electron chi connectivity index (χ4n) is 1.79. The van der Waals surface area contributed by atoms with E-state index in [0.717, 1.165) is 16.9 Å². The molecule has 0 saturated heterocycles. The van der Waals surface area contributed by atoms with E-state index in [-0.39, 0.29) is 4.90 Å². The summed E-state index contributed by atoms with van der Waals surface area (Å²) < 4.78 is 29.2. The summed E-state index contributed by atoms with van der Waals surface area (Å²) in [6.45, 7) is 2.27. The summed E-state index contributed by atoms with van der Waals surface area (Å²) in [7, 11) is -1.97. The van der Waals surface area contributed by atoms with E-state index < -0.39 is 10.0 Å². The highest BCUT2D eigenvalue weighted by atomic mass is 32.2. The lowest BCUT2D eigenvalue weighted by atomic mass is 10.2. The van der Waals surface area contributed by atoms with E-state index in [0.29, 0.717) is 6.54 Å². The van der Waals surface area contributed by atoms with Gasteiger partial charge in [0.1, 0.15) is 5.75 Å². The third kappa shape index (κ3) is 4.29. The van der Waals surface area contributed by atoms with E-state index in [2.05, 4.69) is 10.3 Å². The molecule has 0 unspecified atom stereocenters. The third-order valence-corrected chi connectivity index (χ3v) is 4.27. The maximum atomic E-state index is 12.1. The SMILES string of the molecule is COc1cccc(CNNS(=O)(=O)c2ccc(C)cc2)c1. The molecule has 0 radical (unpaired) electrons. The van der Waals surface area contributed by atoms with E-state index in [4.69, 9.17) is 4.74 Å². The maximum Gasteiger partial charge on any atom is 0.253 e. The molecule has 0 amide bonds. The van der Waals surface area contributed by atoms with Gasteiger partial charge in [0.2, 0.25) is 0 Å². The molecule has 0 saturated carbocycles. The van der Waals surface area contributed by atoms with Crippen LogP contribution in [-0.4, -0.2) is 15.5 Å². The Morgan fingerprint density at radius 1 is 1.10 bits per heavy atom. The first-order valence-corrected chi connectivity index (χ1v) is 7.94. The van der Waals surface area contributed by atoms with Crippen LogP contribution >= 0.6 is 0 Å². The van der Waals surface area contributed by atoms with Crippen molar-refractivity contribution < 1.29 is 13.2 Å². The van der Waals surface area contributed by atoms with E-state index in [1.165, 1.54) is 0 Å². The number of aryl methyl sites for hydroxylation is 1. The van der Waals surface area contributed by atoms with Crippen LogP contribution in [0.15, 0.2) is 53.4 Å². The molecule has 0 spiro atoms. The highest BCUT2D eigenvalue weighted by Gasteiger charge is 2.12. The summed E-state index contributed by atoms with van der Waals surface area (Å²) in [6.07, 6.45) is 0. The summed E-state index contributed by atoms with van der Waals surface area (Å²) in [6, 6.07) is 14.1. The van der Waals surface area contributed by atoms with E-state index in [1.807, 2.05) is 31.2 Å². The minimum atomic E-state index is -3.56. The van der Waals surface area contributed by atoms with E-state index in [1.54, 1.807) is 31.4 Å². The van der Waals surface area contributed by atoms with Crippen LogP contribution in [0.5, 0.6) is 5.75 Å². The molecule has 112 valence electrons. The van der Waals surface area contributed by atoms with Gasteiger partial charge in [-0.2, -0.15) is 0 Å². The highest BCUT2D eigenvalue weighted by Crippen LogP contribution is 2.12. The van der Waals surface area contributed by atoms with Crippen LogP contribution in [0.25, 0.3) is 0 Å². The maximum absolute atomic E-state index is 12.1. The number of ether oxygens (including phenoxy) is 1. The van der Waals surface area contributed by atoms with Gasteiger partial charge in [-0.05, 0) is 36.8 Å². The van der Waals surface area contributed by atoms with Gasteiger partial charge in [0, 0.05) is 6.54 Å². The first-order chi connectivity index (χ1) is 10.0. The summed E-state index contributed by atoms with van der Waals surface area (Å²) in [5.74, 6) is 0.732. The number of hydrazine groups is 1. The molecule has 0 aliphatic carbocycles. The fourth-order valence-corrected chi connectivity index (χ4v) is 2.67. The van der Waals surface area contributed by atoms with Crippen molar-refractivity contribution in [3.8, 4) is 5.75 Å². The van der Waals surface area contributed by atoms with Gasteiger partial charge >= 0.3 is 0 Å². The van der Waals surface area contributed by atoms with Crippen LogP contribution in [0.3, 0.4) is 0 Å². The molecular formula is C15H18N2O3S. The summed E-state index contributed by atoms with van der Waals surface area (Å²) in [5, 5.41) is 0. The number of hydrogen-bond acceptors (Lipinski definition) is 4. The average Bonchev–Trinajstić information content (AvgIpc) is 2.48. The number of sulfonamides is 1. The molecule has 0 aliphatic heterocycles. The predicted octanol–water partition coefficient (Wildman–Crippen LogP) is 1.99. The minimum absolute atomic E-state index is 0.228. The van der Waals surface area contributed by atoms with Gasteiger partial charge in [0.15, 0.2) is 0 Å². The second-order valence-corrected chi connectivity index (χ2v) is 6.31. The van der Waals surface area contributed by atoms with Gasteiger partial charge in [-0.1, -0.05) is 29.8 Å². The first-order valence-electron chi connectivity index (χ1n) is 6.45. The van der Waals surface area contributed by atoms with Crippen LogP contribution < -0.4 is 15.0 Å². The monoisotopic (exact) mass is 306 g/mol. The van der Waals surface area contributed by atoms with Crippen molar-refractivity contribution in [2.24, 2.45) is 0 Å². The normalized spacial score (nSPS) is 11.3. The Kier molecular flexibility index (Phi) is 4.95. The second kappa shape index (κ2) is 6.71. The van der Waals surface area contributed by atoms with Crippen LogP contribution in [0, 0.1) is 6.92 Å². The number of nitrogens with one attached hydrogen (secondary N) is 2. The van der Waals surface area contributed by atoms with E-state index in [9.17, 15) is 8.42 Å². The molecule has 0 bridgehead atoms. The Balaban J connectivity index is 1.97. The summed E-state index contributed by atoms with van der Waals surface area (Å²) in [5.41, 5.74) is 4.64. The molecule has 0 aromatic heterocycles. The standard InChI is InChI=1S/C15H18N2O3S/c1-12-6-8-15(9-7-12)21(18,19)17-16-11-13-4-3-5-14(10-13)20-2/h3-10,16-17H,11H2,1-2H3. The van der Waals surface area contributed by atoms with Crippen LogP contribution in [-0.2, 0) is 16.6 Å². The number of methoxy groups -OCH3 is 1. The highest BCUT2D eigenvalue weighted by molar-refractivity contribution is 7.89. The van der Waals surface area contributed by atoms with Crippen LogP contribution in [0.2, 0.25) is 0 Å². The second-order valence-electron chi connectivity index (χ2n) is 4.62. The summed E-state index contributed by atoms with van der Waals surface area (Å²) >= 11 is 0. The van der Waals surface area contributed by atoms with Crippen molar-refractivity contribution in [1.29, 1.82) is 0 Å². The zero-order valence-corrected chi connectivity index (χ0v) is 12.8.